The zero-order valence-corrected chi connectivity index (χ0v) is 16.2. The van der Waals surface area contributed by atoms with Crippen LogP contribution in [-0.4, -0.2) is 36.0 Å². The number of hydrogen-bond acceptors (Lipinski definition) is 3. The molecule has 3 rings (SSSR count). The van der Waals surface area contributed by atoms with Gasteiger partial charge in [0.1, 0.15) is 6.04 Å². The highest BCUT2D eigenvalue weighted by molar-refractivity contribution is 5.92. The first-order valence-corrected chi connectivity index (χ1v) is 9.86. The lowest BCUT2D eigenvalue weighted by atomic mass is 10.0. The van der Waals surface area contributed by atoms with Crippen LogP contribution in [0.3, 0.4) is 0 Å². The summed E-state index contributed by atoms with van der Waals surface area (Å²) in [5, 5.41) is 7.11. The SMILES string of the molecule is CC(C)[C@H](NC(=O)Cc1cccc2ccccc12)C(=O)NN1CCCCC1. The molecule has 5 nitrogen and oxygen atoms in total. The fourth-order valence-electron chi connectivity index (χ4n) is 3.61. The fraction of sp³-hybridized carbons (Fsp3) is 0.455. The first-order chi connectivity index (χ1) is 13.0. The standard InChI is InChI=1S/C22H29N3O2/c1-16(2)21(22(27)24-25-13-6-3-7-14-25)23-20(26)15-18-11-8-10-17-9-4-5-12-19(17)18/h4-5,8-12,16,21H,3,6-7,13-15H2,1-2H3,(H,23,26)(H,24,27)/t21-/m0/s1. The quantitative estimate of drug-likeness (QED) is 0.825. The van der Waals surface area contributed by atoms with E-state index in [1.165, 1.54) is 6.42 Å². The molecule has 1 fully saturated rings. The summed E-state index contributed by atoms with van der Waals surface area (Å²) in [7, 11) is 0. The van der Waals surface area contributed by atoms with Crippen LogP contribution in [0.2, 0.25) is 0 Å². The van der Waals surface area contributed by atoms with E-state index in [-0.39, 0.29) is 24.2 Å². The first kappa shape index (κ1) is 19.4. The van der Waals surface area contributed by atoms with Gasteiger partial charge in [-0.05, 0) is 35.1 Å². The van der Waals surface area contributed by atoms with Crippen molar-refractivity contribution in [2.75, 3.05) is 13.1 Å². The van der Waals surface area contributed by atoms with Crippen molar-refractivity contribution in [3.05, 3.63) is 48.0 Å². The molecular weight excluding hydrogens is 338 g/mol. The zero-order valence-electron chi connectivity index (χ0n) is 16.2. The Morgan fingerprint density at radius 2 is 1.70 bits per heavy atom. The zero-order chi connectivity index (χ0) is 19.2. The Morgan fingerprint density at radius 1 is 1.00 bits per heavy atom. The third-order valence-electron chi connectivity index (χ3n) is 5.12. The molecule has 144 valence electrons. The van der Waals surface area contributed by atoms with Gasteiger partial charge in [0, 0.05) is 13.1 Å². The van der Waals surface area contributed by atoms with E-state index in [4.69, 9.17) is 0 Å². The molecule has 2 amide bonds. The molecule has 1 saturated heterocycles. The van der Waals surface area contributed by atoms with E-state index in [1.807, 2.05) is 61.3 Å². The van der Waals surface area contributed by atoms with Crippen LogP contribution in [0.1, 0.15) is 38.7 Å². The van der Waals surface area contributed by atoms with E-state index in [9.17, 15) is 9.59 Å². The highest BCUT2D eigenvalue weighted by atomic mass is 16.2. The number of carbonyl (C=O) groups excluding carboxylic acids is 2. The van der Waals surface area contributed by atoms with Crippen LogP contribution in [-0.2, 0) is 16.0 Å². The Bertz CT molecular complexity index is 792. The van der Waals surface area contributed by atoms with Crippen LogP contribution in [0.25, 0.3) is 10.8 Å². The summed E-state index contributed by atoms with van der Waals surface area (Å²) in [6.45, 7) is 5.66. The van der Waals surface area contributed by atoms with Crippen molar-refractivity contribution in [1.29, 1.82) is 0 Å². The summed E-state index contributed by atoms with van der Waals surface area (Å²) in [5.41, 5.74) is 3.96. The van der Waals surface area contributed by atoms with E-state index in [0.29, 0.717) is 0 Å². The minimum Gasteiger partial charge on any atom is -0.344 e. The number of nitrogens with zero attached hydrogens (tertiary/aromatic N) is 1. The van der Waals surface area contributed by atoms with E-state index in [0.717, 1.165) is 42.3 Å². The highest BCUT2D eigenvalue weighted by Gasteiger charge is 2.26. The van der Waals surface area contributed by atoms with Crippen LogP contribution >= 0.6 is 0 Å². The van der Waals surface area contributed by atoms with Gasteiger partial charge in [-0.15, -0.1) is 0 Å². The number of piperidine rings is 1. The molecule has 0 spiro atoms. The summed E-state index contributed by atoms with van der Waals surface area (Å²) in [4.78, 5) is 25.3. The average molecular weight is 367 g/mol. The number of hydrogen-bond donors (Lipinski definition) is 2. The third-order valence-corrected chi connectivity index (χ3v) is 5.12. The van der Waals surface area contributed by atoms with Gasteiger partial charge >= 0.3 is 0 Å². The van der Waals surface area contributed by atoms with Gasteiger partial charge in [0.05, 0.1) is 6.42 Å². The summed E-state index contributed by atoms with van der Waals surface area (Å²) in [6.07, 6.45) is 3.67. The smallest absolute Gasteiger partial charge is 0.257 e. The molecule has 0 bridgehead atoms. The molecule has 1 atom stereocenters. The second-order valence-corrected chi connectivity index (χ2v) is 7.63. The van der Waals surface area contributed by atoms with Gasteiger partial charge in [0.25, 0.3) is 5.91 Å². The Morgan fingerprint density at radius 3 is 2.44 bits per heavy atom. The number of nitrogens with one attached hydrogen (secondary N) is 2. The average Bonchev–Trinajstić information content (AvgIpc) is 2.67. The summed E-state index contributed by atoms with van der Waals surface area (Å²) in [5.74, 6) is -0.233. The molecule has 2 aromatic rings. The van der Waals surface area contributed by atoms with E-state index in [2.05, 4.69) is 10.7 Å². The van der Waals surface area contributed by atoms with Crippen molar-refractivity contribution in [3.63, 3.8) is 0 Å². The lowest BCUT2D eigenvalue weighted by molar-refractivity contribution is -0.133. The molecule has 0 radical (unpaired) electrons. The number of rotatable bonds is 6. The number of carbonyl (C=O) groups is 2. The van der Waals surface area contributed by atoms with E-state index in [1.54, 1.807) is 0 Å². The second kappa shape index (κ2) is 9.00. The van der Waals surface area contributed by atoms with Gasteiger partial charge < -0.3 is 5.32 Å². The van der Waals surface area contributed by atoms with E-state index < -0.39 is 6.04 Å². The molecule has 0 aliphatic carbocycles. The molecule has 1 aliphatic heterocycles. The number of hydrazine groups is 1. The molecule has 0 aromatic heterocycles. The minimum absolute atomic E-state index is 0.0197. The molecule has 0 unspecified atom stereocenters. The molecule has 1 heterocycles. The highest BCUT2D eigenvalue weighted by Crippen LogP contribution is 2.19. The largest absolute Gasteiger partial charge is 0.344 e. The monoisotopic (exact) mass is 367 g/mol. The Labute approximate surface area is 161 Å². The molecule has 2 aromatic carbocycles. The first-order valence-electron chi connectivity index (χ1n) is 9.86. The topological polar surface area (TPSA) is 61.4 Å². The van der Waals surface area contributed by atoms with Crippen LogP contribution in [0, 0.1) is 5.92 Å². The molecular formula is C22H29N3O2. The maximum Gasteiger partial charge on any atom is 0.257 e. The molecule has 27 heavy (non-hydrogen) atoms. The van der Waals surface area contributed by atoms with Crippen molar-refractivity contribution in [3.8, 4) is 0 Å². The summed E-state index contributed by atoms with van der Waals surface area (Å²) in [6, 6.07) is 13.5. The fourth-order valence-corrected chi connectivity index (χ4v) is 3.61. The van der Waals surface area contributed by atoms with Gasteiger partial charge in [0.15, 0.2) is 0 Å². The lowest BCUT2D eigenvalue weighted by Crippen LogP contribution is -2.55. The van der Waals surface area contributed by atoms with Crippen LogP contribution in [0.4, 0.5) is 0 Å². The second-order valence-electron chi connectivity index (χ2n) is 7.63. The number of benzene rings is 2. The number of fused-ring (bicyclic) bond motifs is 1. The van der Waals surface area contributed by atoms with Crippen molar-refractivity contribution in [2.45, 2.75) is 45.6 Å². The van der Waals surface area contributed by atoms with Crippen LogP contribution < -0.4 is 10.7 Å². The van der Waals surface area contributed by atoms with Gasteiger partial charge in [0.2, 0.25) is 5.91 Å². The normalized spacial score (nSPS) is 16.3. The Balaban J connectivity index is 1.65. The number of amides is 2. The van der Waals surface area contributed by atoms with Crippen molar-refractivity contribution >= 4 is 22.6 Å². The van der Waals surface area contributed by atoms with Crippen LogP contribution in [0.5, 0.6) is 0 Å². The summed E-state index contributed by atoms with van der Waals surface area (Å²) < 4.78 is 0. The van der Waals surface area contributed by atoms with Gasteiger partial charge in [-0.3, -0.25) is 15.0 Å². The molecule has 2 N–H and O–H groups in total. The van der Waals surface area contributed by atoms with Gasteiger partial charge in [-0.1, -0.05) is 62.7 Å². The third kappa shape index (κ3) is 5.07. The van der Waals surface area contributed by atoms with E-state index >= 15 is 0 Å². The molecule has 0 saturated carbocycles. The molecule has 1 aliphatic rings. The van der Waals surface area contributed by atoms with Crippen LogP contribution in [0.15, 0.2) is 42.5 Å². The minimum atomic E-state index is -0.533. The maximum absolute atomic E-state index is 12.7. The predicted molar refractivity (Wildman–Crippen MR) is 108 cm³/mol. The Kier molecular flexibility index (Phi) is 6.45. The Hall–Kier alpha value is -2.40. The predicted octanol–water partition coefficient (Wildman–Crippen LogP) is 3.04. The summed E-state index contributed by atoms with van der Waals surface area (Å²) >= 11 is 0. The van der Waals surface area contributed by atoms with Gasteiger partial charge in [-0.25, -0.2) is 5.01 Å². The maximum atomic E-state index is 12.7. The molecule has 5 heteroatoms. The van der Waals surface area contributed by atoms with Crippen molar-refractivity contribution in [2.24, 2.45) is 5.92 Å². The van der Waals surface area contributed by atoms with Gasteiger partial charge in [-0.2, -0.15) is 0 Å². The van der Waals surface area contributed by atoms with Crippen molar-refractivity contribution < 1.29 is 9.59 Å². The lowest BCUT2D eigenvalue weighted by Gasteiger charge is -2.30. The van der Waals surface area contributed by atoms with Crippen molar-refractivity contribution in [1.82, 2.24) is 15.8 Å².